The van der Waals surface area contributed by atoms with Crippen molar-refractivity contribution in [2.75, 3.05) is 19.0 Å². The van der Waals surface area contributed by atoms with Crippen molar-refractivity contribution in [3.8, 4) is 34.1 Å². The number of carbonyl (C=O) groups excluding carboxylic acids is 2. The number of hydrogen-bond acceptors (Lipinski definition) is 6. The van der Waals surface area contributed by atoms with E-state index in [-0.39, 0.29) is 36.2 Å². The molecule has 0 atom stereocenters. The predicted octanol–water partition coefficient (Wildman–Crippen LogP) is 8.41. The summed E-state index contributed by atoms with van der Waals surface area (Å²) < 4.78 is 32.9. The predicted molar refractivity (Wildman–Crippen MR) is 188 cm³/mol. The number of aryl methyl sites for hydroxylation is 1. The summed E-state index contributed by atoms with van der Waals surface area (Å²) in [4.78, 5) is 26.0. The molecule has 2 amide bonds. The number of carbonyl (C=O) groups is 2. The molecule has 2 N–H and O–H groups in total. The third kappa shape index (κ3) is 6.77. The number of methoxy groups -OCH3 is 1. The number of amides is 2. The van der Waals surface area contributed by atoms with E-state index in [0.717, 1.165) is 22.3 Å². The van der Waals surface area contributed by atoms with Gasteiger partial charge in [-0.25, -0.2) is 13.9 Å². The van der Waals surface area contributed by atoms with Gasteiger partial charge in [0.15, 0.2) is 22.9 Å². The molecular weight excluding hydrogens is 635 g/mol. The second-order valence-corrected chi connectivity index (χ2v) is 11.8. The number of anilines is 1. The highest BCUT2D eigenvalue weighted by molar-refractivity contribution is 6.03. The highest BCUT2D eigenvalue weighted by Crippen LogP contribution is 2.44. The van der Waals surface area contributed by atoms with Gasteiger partial charge in [-0.15, -0.1) is 0 Å². The number of nitrogens with zero attached hydrogens (tertiary/aromatic N) is 2. The molecule has 7 rings (SSSR count). The van der Waals surface area contributed by atoms with Crippen LogP contribution in [0, 0.1) is 12.7 Å². The van der Waals surface area contributed by atoms with E-state index in [0.29, 0.717) is 17.2 Å². The van der Waals surface area contributed by atoms with Gasteiger partial charge in [0.1, 0.15) is 12.4 Å². The van der Waals surface area contributed by atoms with Crippen molar-refractivity contribution in [3.63, 3.8) is 0 Å². The number of aromatic nitrogens is 2. The average Bonchev–Trinajstić information content (AvgIpc) is 3.76. The molecule has 0 unspecified atom stereocenters. The van der Waals surface area contributed by atoms with Crippen LogP contribution in [0.3, 0.4) is 0 Å². The Morgan fingerprint density at radius 3 is 2.32 bits per heavy atom. The van der Waals surface area contributed by atoms with Crippen LogP contribution in [0.15, 0.2) is 121 Å². The fraction of sp³-hybridized carbons (Fsp3) is 0.125. The molecule has 10 heteroatoms. The van der Waals surface area contributed by atoms with E-state index >= 15 is 0 Å². The molecule has 1 aliphatic rings. The third-order valence-corrected chi connectivity index (χ3v) is 8.51. The zero-order valence-corrected chi connectivity index (χ0v) is 27.4. The van der Waals surface area contributed by atoms with Gasteiger partial charge in [0, 0.05) is 24.7 Å². The van der Waals surface area contributed by atoms with E-state index in [2.05, 4.69) is 40.0 Å². The van der Waals surface area contributed by atoms with Crippen LogP contribution in [0.5, 0.6) is 17.2 Å². The summed E-state index contributed by atoms with van der Waals surface area (Å²) in [5, 5.41) is 9.97. The summed E-state index contributed by atoms with van der Waals surface area (Å²) in [6.07, 6.45) is 1.13. The van der Waals surface area contributed by atoms with Crippen LogP contribution in [0.2, 0.25) is 0 Å². The number of halogens is 1. The molecule has 1 aliphatic carbocycles. The van der Waals surface area contributed by atoms with Gasteiger partial charge >= 0.3 is 6.09 Å². The second kappa shape index (κ2) is 14.0. The van der Waals surface area contributed by atoms with Gasteiger partial charge in [-0.3, -0.25) is 4.79 Å². The molecule has 0 saturated heterocycles. The highest BCUT2D eigenvalue weighted by Gasteiger charge is 2.29. The molecule has 5 aromatic carbocycles. The first-order valence-electron chi connectivity index (χ1n) is 16.0. The minimum Gasteiger partial charge on any atom is -0.493 e. The minimum atomic E-state index is -0.553. The molecule has 0 radical (unpaired) electrons. The maximum atomic E-state index is 14.2. The first kappa shape index (κ1) is 32.1. The topological polar surface area (TPSA) is 104 Å². The Labute approximate surface area is 288 Å². The van der Waals surface area contributed by atoms with Crippen LogP contribution < -0.4 is 20.1 Å². The summed E-state index contributed by atoms with van der Waals surface area (Å²) in [6, 6.07) is 34.6. The lowest BCUT2D eigenvalue weighted by Crippen LogP contribution is -2.25. The van der Waals surface area contributed by atoms with Gasteiger partial charge in [0.25, 0.3) is 5.91 Å². The van der Waals surface area contributed by atoms with Crippen LogP contribution in [-0.4, -0.2) is 35.5 Å². The summed E-state index contributed by atoms with van der Waals surface area (Å²) in [5.74, 6) is 0.0246. The summed E-state index contributed by atoms with van der Waals surface area (Å²) >= 11 is 0. The Kier molecular flexibility index (Phi) is 8.98. The van der Waals surface area contributed by atoms with Crippen LogP contribution in [0.1, 0.15) is 38.7 Å². The Morgan fingerprint density at radius 2 is 1.56 bits per heavy atom. The summed E-state index contributed by atoms with van der Waals surface area (Å²) in [6.45, 7) is 2.38. The fourth-order valence-corrected chi connectivity index (χ4v) is 6.07. The monoisotopic (exact) mass is 668 g/mol. The lowest BCUT2D eigenvalue weighted by Gasteiger charge is -2.15. The van der Waals surface area contributed by atoms with Crippen LogP contribution in [-0.2, 0) is 11.3 Å². The Hall–Kier alpha value is -6.42. The number of ether oxygens (including phenoxy) is 3. The quantitative estimate of drug-likeness (QED) is 0.152. The van der Waals surface area contributed by atoms with Gasteiger partial charge in [-0.2, -0.15) is 5.10 Å². The normalized spacial score (nSPS) is 11.7. The summed E-state index contributed by atoms with van der Waals surface area (Å²) in [5.41, 5.74) is 7.34. The molecule has 250 valence electrons. The number of fused-ring (bicyclic) bond motifs is 3. The highest BCUT2D eigenvalue weighted by atomic mass is 19.1. The van der Waals surface area contributed by atoms with Gasteiger partial charge < -0.3 is 24.8 Å². The van der Waals surface area contributed by atoms with E-state index in [4.69, 9.17) is 14.2 Å². The van der Waals surface area contributed by atoms with Crippen molar-refractivity contribution in [3.05, 3.63) is 155 Å². The minimum absolute atomic E-state index is 0.0283. The molecule has 1 aromatic heterocycles. The Morgan fingerprint density at radius 1 is 0.820 bits per heavy atom. The lowest BCUT2D eigenvalue weighted by atomic mass is 9.98. The van der Waals surface area contributed by atoms with Crippen LogP contribution >= 0.6 is 0 Å². The lowest BCUT2D eigenvalue weighted by molar-refractivity contribution is 0.102. The summed E-state index contributed by atoms with van der Waals surface area (Å²) in [7, 11) is 1.53. The third-order valence-electron chi connectivity index (χ3n) is 8.51. The standard InChI is InChI=1S/C40H33FN4O5/c1-25-14-16-37(38(20-25)48-2)50-36-17-15-27(41)22-35(36)43-39(46)34-18-19-45(44-34)28-9-7-8-26(21-28)23-42-40(47)49-24-33-31-12-5-3-10-29(31)30-11-4-6-13-32(30)33/h3-22,33H,23-24H2,1-2H3,(H,42,47)(H,43,46). The smallest absolute Gasteiger partial charge is 0.407 e. The van der Waals surface area contributed by atoms with Gasteiger partial charge in [-0.05, 0) is 82.8 Å². The van der Waals surface area contributed by atoms with E-state index < -0.39 is 17.8 Å². The maximum absolute atomic E-state index is 14.2. The molecule has 0 spiro atoms. The van der Waals surface area contributed by atoms with Gasteiger partial charge in [0.05, 0.1) is 18.5 Å². The number of rotatable bonds is 10. The number of hydrogen-bond donors (Lipinski definition) is 2. The number of benzene rings is 5. The molecule has 50 heavy (non-hydrogen) atoms. The Balaban J connectivity index is 0.979. The van der Waals surface area contributed by atoms with Crippen molar-refractivity contribution in [2.24, 2.45) is 0 Å². The Bertz CT molecular complexity index is 2170. The molecular formula is C40H33FN4O5. The van der Waals surface area contributed by atoms with E-state index in [9.17, 15) is 14.0 Å². The van der Waals surface area contributed by atoms with Crippen LogP contribution in [0.25, 0.3) is 16.8 Å². The van der Waals surface area contributed by atoms with Crippen molar-refractivity contribution in [1.82, 2.24) is 15.1 Å². The largest absolute Gasteiger partial charge is 0.493 e. The number of nitrogens with one attached hydrogen (secondary N) is 2. The van der Waals surface area contributed by atoms with Crippen LogP contribution in [0.4, 0.5) is 14.9 Å². The molecule has 6 aromatic rings. The molecule has 0 bridgehead atoms. The zero-order chi connectivity index (χ0) is 34.6. The number of alkyl carbamates (subject to hydrolysis) is 1. The van der Waals surface area contributed by atoms with Crippen molar-refractivity contribution < 1.29 is 28.2 Å². The molecule has 0 fully saturated rings. The zero-order valence-electron chi connectivity index (χ0n) is 27.4. The first-order valence-corrected chi connectivity index (χ1v) is 16.0. The van der Waals surface area contributed by atoms with E-state index in [1.54, 1.807) is 23.0 Å². The SMILES string of the molecule is COc1cc(C)ccc1Oc1ccc(F)cc1NC(=O)c1ccn(-c2cccc(CNC(=O)OCC3c4ccccc4-c4ccccc43)c2)n1. The second-order valence-electron chi connectivity index (χ2n) is 11.8. The molecule has 0 saturated carbocycles. The van der Waals surface area contributed by atoms with Gasteiger partial charge in [-0.1, -0.05) is 66.7 Å². The van der Waals surface area contributed by atoms with E-state index in [1.807, 2.05) is 67.6 Å². The molecule has 9 nitrogen and oxygen atoms in total. The molecule has 0 aliphatic heterocycles. The molecule has 1 heterocycles. The maximum Gasteiger partial charge on any atom is 0.407 e. The van der Waals surface area contributed by atoms with E-state index in [1.165, 1.54) is 36.4 Å². The van der Waals surface area contributed by atoms with Crippen molar-refractivity contribution in [2.45, 2.75) is 19.4 Å². The average molecular weight is 669 g/mol. The fourth-order valence-electron chi connectivity index (χ4n) is 6.07. The van der Waals surface area contributed by atoms with Gasteiger partial charge in [0.2, 0.25) is 0 Å². The van der Waals surface area contributed by atoms with Crippen molar-refractivity contribution in [1.29, 1.82) is 0 Å². The van der Waals surface area contributed by atoms with Crippen molar-refractivity contribution >= 4 is 17.7 Å². The first-order chi connectivity index (χ1) is 24.4.